The molecule has 0 radical (unpaired) electrons. The van der Waals surface area contributed by atoms with Gasteiger partial charge in [-0.25, -0.2) is 9.97 Å². The van der Waals surface area contributed by atoms with Crippen molar-refractivity contribution in [3.05, 3.63) is 71.4 Å². The fourth-order valence-corrected chi connectivity index (χ4v) is 4.40. The molecule has 0 spiro atoms. The fourth-order valence-electron chi connectivity index (χ4n) is 4.40. The Hall–Kier alpha value is -4.66. The molecule has 1 fully saturated rings. The Balaban J connectivity index is 1.32. The first-order valence-electron chi connectivity index (χ1n) is 11.9. The molecule has 6 rings (SSSR count). The molecular weight excluding hydrogens is 470 g/mol. The highest BCUT2D eigenvalue weighted by atomic mass is 16.5. The molecule has 1 aromatic carbocycles. The number of nitrogens with one attached hydrogen (secondary N) is 2. The lowest BCUT2D eigenvalue weighted by molar-refractivity contribution is 0.00638. The normalized spacial score (nSPS) is 13.4. The lowest BCUT2D eigenvalue weighted by Crippen LogP contribution is -2.26. The molecule has 11 nitrogen and oxygen atoms in total. The number of hydrogen-bond donors (Lipinski definition) is 3. The highest BCUT2D eigenvalue weighted by molar-refractivity contribution is 5.82. The fraction of sp³-hybridized carbons (Fsp3) is 0.231. The van der Waals surface area contributed by atoms with E-state index in [1.54, 1.807) is 6.33 Å². The molecule has 184 valence electrons. The second-order valence-corrected chi connectivity index (χ2v) is 8.86. The number of imidazole rings is 1. The molecule has 0 atom stereocenters. The SMILES string of the molecule is Cc1[nH]nc(C#N)c1-c1nc(-n2cnc3cc(Nc4ccc(C5COC5)nn4)ccc32)ccc1CCO. The summed E-state index contributed by atoms with van der Waals surface area (Å²) in [6, 6.07) is 15.7. The van der Waals surface area contributed by atoms with Gasteiger partial charge in [0.05, 0.1) is 41.2 Å². The van der Waals surface area contributed by atoms with E-state index in [0.717, 1.165) is 33.7 Å². The average molecular weight is 494 g/mol. The van der Waals surface area contributed by atoms with Crippen LogP contribution in [0, 0.1) is 18.3 Å². The van der Waals surface area contributed by atoms with Crippen molar-refractivity contribution in [1.82, 2.24) is 34.9 Å². The maximum absolute atomic E-state index is 9.56. The van der Waals surface area contributed by atoms with Crippen LogP contribution in [0.25, 0.3) is 28.1 Å². The number of anilines is 2. The molecule has 1 aliphatic rings. The summed E-state index contributed by atoms with van der Waals surface area (Å²) in [7, 11) is 0. The van der Waals surface area contributed by atoms with Crippen LogP contribution in [0.15, 0.2) is 48.8 Å². The van der Waals surface area contributed by atoms with Gasteiger partial charge < -0.3 is 15.2 Å². The van der Waals surface area contributed by atoms with Crippen LogP contribution < -0.4 is 5.32 Å². The number of pyridine rings is 1. The third-order valence-electron chi connectivity index (χ3n) is 6.44. The maximum atomic E-state index is 9.56. The van der Waals surface area contributed by atoms with E-state index in [1.807, 2.05) is 54.0 Å². The molecule has 5 aromatic rings. The Labute approximate surface area is 211 Å². The molecule has 0 aliphatic carbocycles. The number of nitriles is 1. The smallest absolute Gasteiger partial charge is 0.171 e. The summed E-state index contributed by atoms with van der Waals surface area (Å²) in [5.41, 5.74) is 6.52. The summed E-state index contributed by atoms with van der Waals surface area (Å²) >= 11 is 0. The van der Waals surface area contributed by atoms with Crippen molar-refractivity contribution in [1.29, 1.82) is 5.26 Å². The Kier molecular flexibility index (Phi) is 5.80. The molecule has 1 saturated heterocycles. The first kappa shape index (κ1) is 22.8. The van der Waals surface area contributed by atoms with Crippen molar-refractivity contribution in [2.45, 2.75) is 19.3 Å². The van der Waals surface area contributed by atoms with Gasteiger partial charge in [-0.05, 0) is 55.3 Å². The van der Waals surface area contributed by atoms with E-state index < -0.39 is 0 Å². The number of H-pyrrole nitrogens is 1. The number of nitrogens with zero attached hydrogens (tertiary/aromatic N) is 7. The van der Waals surface area contributed by atoms with Gasteiger partial charge in [0.25, 0.3) is 0 Å². The van der Waals surface area contributed by atoms with E-state index in [1.165, 1.54) is 0 Å². The van der Waals surface area contributed by atoms with E-state index in [2.05, 4.69) is 36.8 Å². The maximum Gasteiger partial charge on any atom is 0.171 e. The number of rotatable bonds is 7. The van der Waals surface area contributed by atoms with E-state index in [4.69, 9.17) is 9.72 Å². The average Bonchev–Trinajstić information content (AvgIpc) is 3.47. The van der Waals surface area contributed by atoms with Gasteiger partial charge >= 0.3 is 0 Å². The van der Waals surface area contributed by atoms with Gasteiger partial charge in [0.1, 0.15) is 18.2 Å². The standard InChI is InChI=1S/C26H23N9O2/c1-15-25(21(11-27)33-31-15)26-16(8-9-36)2-7-24(30-26)35-14-28-20-10-18(3-5-22(20)35)29-23-6-4-19(32-34-23)17-12-37-13-17/h2-7,10,14,17,36H,8-9,12-13H2,1H3,(H,29,34)(H,31,33). The number of aromatic amines is 1. The number of aliphatic hydroxyl groups excluding tert-OH is 1. The van der Waals surface area contributed by atoms with E-state index in [0.29, 0.717) is 48.4 Å². The summed E-state index contributed by atoms with van der Waals surface area (Å²) in [5, 5.41) is 37.9. The Morgan fingerprint density at radius 2 is 2.08 bits per heavy atom. The van der Waals surface area contributed by atoms with Gasteiger partial charge in [0.15, 0.2) is 11.5 Å². The molecule has 3 N–H and O–H groups in total. The molecule has 4 aromatic heterocycles. The zero-order valence-corrected chi connectivity index (χ0v) is 20.0. The summed E-state index contributed by atoms with van der Waals surface area (Å²) in [6.07, 6.45) is 2.13. The molecular formula is C26H23N9O2. The number of fused-ring (bicyclic) bond motifs is 1. The molecule has 0 amide bonds. The van der Waals surface area contributed by atoms with Crippen molar-refractivity contribution >= 4 is 22.5 Å². The molecule has 5 heterocycles. The predicted molar refractivity (Wildman–Crippen MR) is 136 cm³/mol. The van der Waals surface area contributed by atoms with Crippen LogP contribution in [0.1, 0.15) is 28.6 Å². The van der Waals surface area contributed by atoms with Gasteiger partial charge in [-0.2, -0.15) is 15.5 Å². The summed E-state index contributed by atoms with van der Waals surface area (Å²) < 4.78 is 7.11. The van der Waals surface area contributed by atoms with Crippen molar-refractivity contribution in [3.8, 4) is 23.1 Å². The van der Waals surface area contributed by atoms with Crippen LogP contribution in [-0.2, 0) is 11.2 Å². The van der Waals surface area contributed by atoms with Crippen LogP contribution in [0.4, 0.5) is 11.5 Å². The second kappa shape index (κ2) is 9.42. The van der Waals surface area contributed by atoms with Crippen LogP contribution in [0.2, 0.25) is 0 Å². The molecule has 11 heteroatoms. The van der Waals surface area contributed by atoms with Crippen molar-refractivity contribution in [2.75, 3.05) is 25.1 Å². The number of aliphatic hydroxyl groups is 1. The number of aromatic nitrogens is 7. The number of benzene rings is 1. The van der Waals surface area contributed by atoms with Gasteiger partial charge in [0.2, 0.25) is 0 Å². The molecule has 0 unspecified atom stereocenters. The summed E-state index contributed by atoms with van der Waals surface area (Å²) in [5.74, 6) is 1.63. The first-order chi connectivity index (χ1) is 18.1. The van der Waals surface area contributed by atoms with Crippen molar-refractivity contribution in [3.63, 3.8) is 0 Å². The highest BCUT2D eigenvalue weighted by Crippen LogP contribution is 2.30. The van der Waals surface area contributed by atoms with Crippen LogP contribution in [-0.4, -0.2) is 59.9 Å². The first-order valence-corrected chi connectivity index (χ1v) is 11.9. The largest absolute Gasteiger partial charge is 0.396 e. The minimum absolute atomic E-state index is 0.0291. The van der Waals surface area contributed by atoms with Crippen LogP contribution in [0.3, 0.4) is 0 Å². The minimum atomic E-state index is -0.0291. The zero-order valence-electron chi connectivity index (χ0n) is 20.0. The van der Waals surface area contributed by atoms with Gasteiger partial charge in [-0.3, -0.25) is 9.67 Å². The number of ether oxygens (including phenoxy) is 1. The number of aryl methyl sites for hydroxylation is 1. The van der Waals surface area contributed by atoms with Gasteiger partial charge in [-0.15, -0.1) is 5.10 Å². The monoisotopic (exact) mass is 493 g/mol. The van der Waals surface area contributed by atoms with E-state index in [9.17, 15) is 10.4 Å². The van der Waals surface area contributed by atoms with E-state index in [-0.39, 0.29) is 12.3 Å². The third kappa shape index (κ3) is 4.18. The quantitative estimate of drug-likeness (QED) is 0.310. The molecule has 1 aliphatic heterocycles. The van der Waals surface area contributed by atoms with Crippen molar-refractivity contribution in [2.24, 2.45) is 0 Å². The lowest BCUT2D eigenvalue weighted by atomic mass is 10.0. The van der Waals surface area contributed by atoms with Crippen LogP contribution >= 0.6 is 0 Å². The van der Waals surface area contributed by atoms with Crippen molar-refractivity contribution < 1.29 is 9.84 Å². The second-order valence-electron chi connectivity index (χ2n) is 8.86. The predicted octanol–water partition coefficient (Wildman–Crippen LogP) is 3.17. The summed E-state index contributed by atoms with van der Waals surface area (Å²) in [4.78, 5) is 9.46. The lowest BCUT2D eigenvalue weighted by Gasteiger charge is -2.24. The zero-order chi connectivity index (χ0) is 25.4. The molecule has 0 saturated carbocycles. The Morgan fingerprint density at radius 3 is 2.81 bits per heavy atom. The third-order valence-corrected chi connectivity index (χ3v) is 6.44. The highest BCUT2D eigenvalue weighted by Gasteiger charge is 2.22. The molecule has 37 heavy (non-hydrogen) atoms. The Bertz CT molecular complexity index is 1630. The molecule has 0 bridgehead atoms. The summed E-state index contributed by atoms with van der Waals surface area (Å²) in [6.45, 7) is 3.21. The van der Waals surface area contributed by atoms with Crippen LogP contribution in [0.5, 0.6) is 0 Å². The van der Waals surface area contributed by atoms with Gasteiger partial charge in [0, 0.05) is 23.9 Å². The number of hydrogen-bond acceptors (Lipinski definition) is 9. The van der Waals surface area contributed by atoms with E-state index >= 15 is 0 Å². The van der Waals surface area contributed by atoms with Gasteiger partial charge in [-0.1, -0.05) is 6.07 Å². The topological polar surface area (TPSA) is 150 Å². The Morgan fingerprint density at radius 1 is 1.19 bits per heavy atom. The minimum Gasteiger partial charge on any atom is -0.396 e.